The molecule has 152 valence electrons. The average molecular weight is 421 g/mol. The monoisotopic (exact) mass is 421 g/mol. The first kappa shape index (κ1) is 19.7. The summed E-state index contributed by atoms with van der Waals surface area (Å²) in [7, 11) is 0. The zero-order valence-corrected chi connectivity index (χ0v) is 16.0. The van der Waals surface area contributed by atoms with Crippen LogP contribution in [-0.2, 0) is 18.3 Å². The maximum absolute atomic E-state index is 13.9. The molecule has 1 aliphatic rings. The van der Waals surface area contributed by atoms with Gasteiger partial charge in [-0.15, -0.1) is 0 Å². The van der Waals surface area contributed by atoms with Crippen molar-refractivity contribution >= 4 is 12.2 Å². The fraction of sp³-hybridized carbons (Fsp3) is 0.300. The van der Waals surface area contributed by atoms with Gasteiger partial charge in [-0.1, -0.05) is 24.3 Å². The number of aliphatic hydroxyl groups is 1. The molecule has 1 atom stereocenters. The molecule has 5 nitrogen and oxygen atoms in total. The van der Waals surface area contributed by atoms with Crippen LogP contribution in [0.4, 0.5) is 13.2 Å². The lowest BCUT2D eigenvalue weighted by Gasteiger charge is -2.31. The molecule has 1 fully saturated rings. The number of hydrogen-bond acceptors (Lipinski definition) is 4. The van der Waals surface area contributed by atoms with Crippen molar-refractivity contribution < 1.29 is 23.0 Å². The highest BCUT2D eigenvalue weighted by molar-refractivity contribution is 7.71. The Morgan fingerprint density at radius 1 is 1.10 bits per heavy atom. The Balaban J connectivity index is 1.76. The highest BCUT2D eigenvalue weighted by Gasteiger charge is 2.50. The molecule has 29 heavy (non-hydrogen) atoms. The van der Waals surface area contributed by atoms with Gasteiger partial charge in [-0.2, -0.15) is 13.2 Å². The number of nitrogens with zero attached hydrogens (tertiary/aromatic N) is 2. The van der Waals surface area contributed by atoms with Crippen LogP contribution in [0.15, 0.2) is 54.9 Å². The van der Waals surface area contributed by atoms with Crippen LogP contribution in [0.25, 0.3) is 0 Å². The van der Waals surface area contributed by atoms with E-state index < -0.39 is 17.3 Å². The highest BCUT2D eigenvalue weighted by Crippen LogP contribution is 2.50. The summed E-state index contributed by atoms with van der Waals surface area (Å²) >= 11 is 5.08. The van der Waals surface area contributed by atoms with E-state index in [1.165, 1.54) is 23.1 Å². The SMILES string of the molecule is OC(Cn1[nH]cnc1=S)(c1ccc(Oc2ccccc2)cc1C(F)(F)F)C1CC1. The molecule has 0 saturated heterocycles. The summed E-state index contributed by atoms with van der Waals surface area (Å²) in [4.78, 5) is 3.88. The van der Waals surface area contributed by atoms with Gasteiger partial charge >= 0.3 is 6.18 Å². The molecule has 0 spiro atoms. The van der Waals surface area contributed by atoms with Gasteiger partial charge in [0.2, 0.25) is 4.77 Å². The third-order valence-corrected chi connectivity index (χ3v) is 5.34. The van der Waals surface area contributed by atoms with E-state index in [9.17, 15) is 18.3 Å². The Morgan fingerprint density at radius 3 is 2.41 bits per heavy atom. The van der Waals surface area contributed by atoms with Crippen molar-refractivity contribution in [1.82, 2.24) is 14.8 Å². The average Bonchev–Trinajstić information content (AvgIpc) is 3.47. The molecular formula is C20H18F3N3O2S. The molecule has 2 aromatic carbocycles. The van der Waals surface area contributed by atoms with Crippen LogP contribution in [-0.4, -0.2) is 19.9 Å². The van der Waals surface area contributed by atoms with Crippen LogP contribution in [0.1, 0.15) is 24.0 Å². The second-order valence-electron chi connectivity index (χ2n) is 7.07. The van der Waals surface area contributed by atoms with Crippen LogP contribution in [0.3, 0.4) is 0 Å². The van der Waals surface area contributed by atoms with E-state index in [2.05, 4.69) is 10.1 Å². The molecule has 0 amide bonds. The van der Waals surface area contributed by atoms with Gasteiger partial charge in [-0.05, 0) is 60.8 Å². The van der Waals surface area contributed by atoms with Crippen LogP contribution < -0.4 is 4.74 Å². The van der Waals surface area contributed by atoms with Crippen LogP contribution in [0.5, 0.6) is 11.5 Å². The summed E-state index contributed by atoms with van der Waals surface area (Å²) in [5, 5.41) is 14.1. The minimum Gasteiger partial charge on any atom is -0.457 e. The highest BCUT2D eigenvalue weighted by atomic mass is 32.1. The summed E-state index contributed by atoms with van der Waals surface area (Å²) in [6.07, 6.45) is -2.05. The predicted octanol–water partition coefficient (Wildman–Crippen LogP) is 5.05. The first-order valence-corrected chi connectivity index (χ1v) is 9.45. The molecule has 9 heteroatoms. The Bertz CT molecular complexity index is 1060. The number of aromatic amines is 1. The van der Waals surface area contributed by atoms with E-state index in [1.54, 1.807) is 30.3 Å². The Kier molecular flexibility index (Phi) is 4.95. The Morgan fingerprint density at radius 2 is 1.83 bits per heavy atom. The maximum Gasteiger partial charge on any atom is 0.416 e. The summed E-state index contributed by atoms with van der Waals surface area (Å²) in [5.74, 6) is 0.174. The number of benzene rings is 2. The number of para-hydroxylation sites is 1. The molecular weight excluding hydrogens is 403 g/mol. The van der Waals surface area contributed by atoms with Crippen molar-refractivity contribution in [3.63, 3.8) is 0 Å². The van der Waals surface area contributed by atoms with Gasteiger partial charge in [0, 0.05) is 0 Å². The van der Waals surface area contributed by atoms with E-state index in [-0.39, 0.29) is 28.5 Å². The number of H-pyrrole nitrogens is 1. The smallest absolute Gasteiger partial charge is 0.416 e. The minimum absolute atomic E-state index is 0.0450. The van der Waals surface area contributed by atoms with Gasteiger partial charge in [0.05, 0.1) is 12.1 Å². The fourth-order valence-corrected chi connectivity index (χ4v) is 3.62. The van der Waals surface area contributed by atoms with Crippen molar-refractivity contribution in [1.29, 1.82) is 0 Å². The molecule has 1 aromatic heterocycles. The van der Waals surface area contributed by atoms with Crippen LogP contribution in [0, 0.1) is 10.7 Å². The van der Waals surface area contributed by atoms with Gasteiger partial charge < -0.3 is 9.84 Å². The molecule has 1 heterocycles. The molecule has 0 radical (unpaired) electrons. The van der Waals surface area contributed by atoms with Crippen molar-refractivity contribution in [2.24, 2.45) is 5.92 Å². The number of ether oxygens (including phenoxy) is 1. The quantitative estimate of drug-likeness (QED) is 0.547. The van der Waals surface area contributed by atoms with E-state index in [1.807, 2.05) is 0 Å². The first-order valence-electron chi connectivity index (χ1n) is 9.04. The molecule has 4 rings (SSSR count). The topological polar surface area (TPSA) is 63.1 Å². The molecule has 0 bridgehead atoms. The van der Waals surface area contributed by atoms with Gasteiger partial charge in [0.1, 0.15) is 23.4 Å². The Hall–Kier alpha value is -2.65. The van der Waals surface area contributed by atoms with Gasteiger partial charge in [0.15, 0.2) is 0 Å². The van der Waals surface area contributed by atoms with Crippen LogP contribution >= 0.6 is 12.2 Å². The number of aromatic nitrogens is 3. The second kappa shape index (κ2) is 7.31. The number of alkyl halides is 3. The van der Waals surface area contributed by atoms with E-state index in [0.717, 1.165) is 6.07 Å². The third-order valence-electron chi connectivity index (χ3n) is 5.01. The van der Waals surface area contributed by atoms with Crippen molar-refractivity contribution in [3.05, 3.63) is 70.8 Å². The van der Waals surface area contributed by atoms with E-state index in [4.69, 9.17) is 17.0 Å². The maximum atomic E-state index is 13.9. The molecule has 2 N–H and O–H groups in total. The lowest BCUT2D eigenvalue weighted by Crippen LogP contribution is -2.36. The molecule has 1 unspecified atom stereocenters. The minimum atomic E-state index is -4.66. The van der Waals surface area contributed by atoms with Crippen molar-refractivity contribution in [3.8, 4) is 11.5 Å². The standard InChI is InChI=1S/C20H18F3N3O2S/c21-20(22,23)17-10-15(28-14-4-2-1-3-5-14)8-9-16(17)19(27,13-6-7-13)11-26-18(29)24-12-25-26/h1-5,8-10,12-13,27H,6-7,11H2,(H,24,25,29). The summed E-state index contributed by atoms with van der Waals surface area (Å²) in [5.41, 5.74) is -2.85. The first-order chi connectivity index (χ1) is 13.8. The zero-order chi connectivity index (χ0) is 20.6. The molecule has 0 aliphatic heterocycles. The number of hydrogen-bond donors (Lipinski definition) is 2. The third kappa shape index (κ3) is 4.06. The van der Waals surface area contributed by atoms with Gasteiger partial charge in [0.25, 0.3) is 0 Å². The van der Waals surface area contributed by atoms with E-state index >= 15 is 0 Å². The van der Waals surface area contributed by atoms with Crippen molar-refractivity contribution in [2.75, 3.05) is 0 Å². The largest absolute Gasteiger partial charge is 0.457 e. The van der Waals surface area contributed by atoms with E-state index in [0.29, 0.717) is 18.6 Å². The zero-order valence-electron chi connectivity index (χ0n) is 15.2. The molecule has 1 aliphatic carbocycles. The summed E-state index contributed by atoms with van der Waals surface area (Å²) in [6, 6.07) is 12.2. The lowest BCUT2D eigenvalue weighted by atomic mass is 9.85. The normalized spacial score (nSPS) is 16.4. The summed E-state index contributed by atoms with van der Waals surface area (Å²) in [6.45, 7) is -0.140. The summed E-state index contributed by atoms with van der Waals surface area (Å²) < 4.78 is 48.9. The lowest BCUT2D eigenvalue weighted by molar-refractivity contribution is -0.141. The van der Waals surface area contributed by atoms with Gasteiger partial charge in [-0.25, -0.2) is 4.98 Å². The molecule has 1 saturated carbocycles. The van der Waals surface area contributed by atoms with Crippen molar-refractivity contribution in [2.45, 2.75) is 31.2 Å². The fourth-order valence-electron chi connectivity index (χ4n) is 3.45. The number of rotatable bonds is 6. The number of nitrogens with one attached hydrogen (secondary N) is 1. The number of halogens is 3. The second-order valence-corrected chi connectivity index (χ2v) is 7.44. The van der Waals surface area contributed by atoms with Crippen LogP contribution in [0.2, 0.25) is 0 Å². The molecule has 3 aromatic rings. The van der Waals surface area contributed by atoms with Gasteiger partial charge in [-0.3, -0.25) is 9.78 Å². The predicted molar refractivity (Wildman–Crippen MR) is 102 cm³/mol. The Labute approximate surface area is 169 Å².